The maximum absolute atomic E-state index is 13.0. The zero-order valence-electron chi connectivity index (χ0n) is 13.9. The summed E-state index contributed by atoms with van der Waals surface area (Å²) < 4.78 is 14.0. The van der Waals surface area contributed by atoms with Crippen LogP contribution in [-0.2, 0) is 4.79 Å². The molecule has 1 aliphatic rings. The zero-order valence-corrected chi connectivity index (χ0v) is 14.7. The van der Waals surface area contributed by atoms with Crippen molar-refractivity contribution in [1.29, 1.82) is 0 Å². The molecule has 1 amide bonds. The molecular formula is C19H15FN4OS. The number of anilines is 1. The molecule has 1 saturated carbocycles. The summed E-state index contributed by atoms with van der Waals surface area (Å²) in [5, 5.41) is 11.5. The van der Waals surface area contributed by atoms with Crippen molar-refractivity contribution in [3.05, 3.63) is 42.1 Å². The number of carbonyl (C=O) groups excluding carboxylic acids is 1. The third-order valence-electron chi connectivity index (χ3n) is 4.80. The number of thiazole rings is 1. The van der Waals surface area contributed by atoms with Gasteiger partial charge in [0.1, 0.15) is 6.17 Å². The Kier molecular flexibility index (Phi) is 3.33. The molecule has 0 bridgehead atoms. The Hall–Kier alpha value is -2.80. The molecule has 2 aromatic carbocycles. The van der Waals surface area contributed by atoms with E-state index in [-0.39, 0.29) is 5.91 Å². The van der Waals surface area contributed by atoms with Crippen molar-refractivity contribution in [3.63, 3.8) is 0 Å². The lowest BCUT2D eigenvalue weighted by Gasteiger charge is -2.05. The Morgan fingerprint density at radius 1 is 1.35 bits per heavy atom. The number of aromatic nitrogens is 3. The van der Waals surface area contributed by atoms with E-state index in [9.17, 15) is 9.18 Å². The van der Waals surface area contributed by atoms with E-state index in [0.29, 0.717) is 11.6 Å². The number of benzene rings is 2. The second-order valence-corrected chi connectivity index (χ2v) is 7.67. The van der Waals surface area contributed by atoms with Gasteiger partial charge in [0.25, 0.3) is 0 Å². The van der Waals surface area contributed by atoms with Gasteiger partial charge in [-0.05, 0) is 42.2 Å². The van der Waals surface area contributed by atoms with Crippen LogP contribution in [0.25, 0.3) is 32.2 Å². The number of nitrogens with one attached hydrogen (secondary N) is 2. The average Bonchev–Trinajstić information content (AvgIpc) is 3.03. The number of hydrogen-bond donors (Lipinski definition) is 2. The molecule has 2 N–H and O–H groups in total. The molecule has 4 aromatic rings. The lowest BCUT2D eigenvalue weighted by atomic mass is 10.00. The molecule has 1 aliphatic carbocycles. The second-order valence-electron chi connectivity index (χ2n) is 6.64. The molecular weight excluding hydrogens is 351 g/mol. The highest BCUT2D eigenvalue weighted by Gasteiger charge is 2.43. The molecule has 0 saturated heterocycles. The molecule has 2 heterocycles. The van der Waals surface area contributed by atoms with Crippen LogP contribution in [0.2, 0.25) is 0 Å². The summed E-state index contributed by atoms with van der Waals surface area (Å²) in [5.74, 6) is -0.796. The van der Waals surface area contributed by atoms with E-state index < -0.39 is 12.1 Å². The predicted molar refractivity (Wildman–Crippen MR) is 101 cm³/mol. The van der Waals surface area contributed by atoms with E-state index >= 15 is 0 Å². The number of amides is 1. The minimum Gasteiger partial charge on any atom is -0.302 e. The molecule has 5 rings (SSSR count). The average molecular weight is 366 g/mol. The summed E-state index contributed by atoms with van der Waals surface area (Å²) in [6.45, 7) is 2.05. The van der Waals surface area contributed by atoms with Gasteiger partial charge in [0.2, 0.25) is 5.91 Å². The first-order chi connectivity index (χ1) is 12.6. The van der Waals surface area contributed by atoms with E-state index in [4.69, 9.17) is 0 Å². The second kappa shape index (κ2) is 5.60. The van der Waals surface area contributed by atoms with Crippen LogP contribution in [0.4, 0.5) is 9.52 Å². The molecule has 5 nitrogen and oxygen atoms in total. The number of aryl methyl sites for hydroxylation is 1. The summed E-state index contributed by atoms with van der Waals surface area (Å²) in [4.78, 5) is 16.3. The summed E-state index contributed by atoms with van der Waals surface area (Å²) in [5.41, 5.74) is 5.16. The van der Waals surface area contributed by atoms with Crippen molar-refractivity contribution < 1.29 is 9.18 Å². The predicted octanol–water partition coefficient (Wildman–Crippen LogP) is 4.44. The fourth-order valence-electron chi connectivity index (χ4n) is 3.20. The Morgan fingerprint density at radius 3 is 3.00 bits per heavy atom. The monoisotopic (exact) mass is 366 g/mol. The zero-order chi connectivity index (χ0) is 17.8. The standard InChI is InChI=1S/C19H15FN4OS/c1-9-2-4-11(13-8-21-24-17(9)13)10-3-5-15-16(6-10)26-19(22-15)23-18(25)12-7-14(12)20/h2-6,8,12,14H,7H2,1H3,(H,21,24)(H,22,23,25). The minimum absolute atomic E-state index is 0.282. The van der Waals surface area contributed by atoms with Crippen molar-refractivity contribution in [3.8, 4) is 11.1 Å². The number of carbonyl (C=O) groups is 1. The number of fused-ring (bicyclic) bond motifs is 2. The van der Waals surface area contributed by atoms with Gasteiger partial charge in [-0.3, -0.25) is 9.89 Å². The number of hydrogen-bond acceptors (Lipinski definition) is 4. The van der Waals surface area contributed by atoms with Gasteiger partial charge in [0.05, 0.1) is 27.8 Å². The van der Waals surface area contributed by atoms with E-state index in [2.05, 4.69) is 38.7 Å². The van der Waals surface area contributed by atoms with Crippen LogP contribution in [0.1, 0.15) is 12.0 Å². The third-order valence-corrected chi connectivity index (χ3v) is 5.74. The number of halogens is 1. The summed E-state index contributed by atoms with van der Waals surface area (Å²) in [7, 11) is 0. The Labute approximate surface area is 152 Å². The van der Waals surface area contributed by atoms with Crippen molar-refractivity contribution in [2.45, 2.75) is 19.5 Å². The molecule has 0 aliphatic heterocycles. The van der Waals surface area contributed by atoms with Crippen molar-refractivity contribution in [2.24, 2.45) is 5.92 Å². The van der Waals surface area contributed by atoms with Crippen LogP contribution in [0.3, 0.4) is 0 Å². The topological polar surface area (TPSA) is 70.7 Å². The fourth-order valence-corrected chi connectivity index (χ4v) is 4.11. The van der Waals surface area contributed by atoms with Crippen LogP contribution in [0, 0.1) is 12.8 Å². The van der Waals surface area contributed by atoms with Crippen LogP contribution >= 0.6 is 11.3 Å². The van der Waals surface area contributed by atoms with Gasteiger partial charge < -0.3 is 5.32 Å². The first kappa shape index (κ1) is 15.5. The molecule has 130 valence electrons. The minimum atomic E-state index is -1.00. The summed E-state index contributed by atoms with van der Waals surface area (Å²) in [6, 6.07) is 10.2. The number of alkyl halides is 1. The van der Waals surface area contributed by atoms with E-state index in [0.717, 1.165) is 37.8 Å². The van der Waals surface area contributed by atoms with Gasteiger partial charge in [-0.25, -0.2) is 9.37 Å². The highest BCUT2D eigenvalue weighted by Crippen LogP contribution is 2.37. The molecule has 0 radical (unpaired) electrons. The molecule has 2 aromatic heterocycles. The van der Waals surface area contributed by atoms with E-state index in [1.165, 1.54) is 11.3 Å². The van der Waals surface area contributed by atoms with E-state index in [1.54, 1.807) is 0 Å². The maximum atomic E-state index is 13.0. The lowest BCUT2D eigenvalue weighted by Crippen LogP contribution is -2.14. The molecule has 2 atom stereocenters. The molecule has 0 spiro atoms. The third kappa shape index (κ3) is 2.47. The summed E-state index contributed by atoms with van der Waals surface area (Å²) in [6.07, 6.45) is 1.15. The number of rotatable bonds is 3. The summed E-state index contributed by atoms with van der Waals surface area (Å²) >= 11 is 1.40. The molecule has 7 heteroatoms. The Balaban J connectivity index is 1.52. The highest BCUT2D eigenvalue weighted by atomic mass is 32.1. The number of H-pyrrole nitrogens is 1. The van der Waals surface area contributed by atoms with Crippen molar-refractivity contribution in [2.75, 3.05) is 5.32 Å². The van der Waals surface area contributed by atoms with Crippen LogP contribution in [-0.4, -0.2) is 27.3 Å². The fraction of sp³-hybridized carbons (Fsp3) is 0.211. The van der Waals surface area contributed by atoms with Crippen LogP contribution in [0.5, 0.6) is 0 Å². The number of nitrogens with zero attached hydrogens (tertiary/aromatic N) is 2. The quantitative estimate of drug-likeness (QED) is 0.563. The van der Waals surface area contributed by atoms with Gasteiger partial charge in [-0.1, -0.05) is 29.5 Å². The van der Waals surface area contributed by atoms with Crippen molar-refractivity contribution >= 4 is 43.5 Å². The van der Waals surface area contributed by atoms with Gasteiger partial charge in [-0.15, -0.1) is 0 Å². The lowest BCUT2D eigenvalue weighted by molar-refractivity contribution is -0.117. The Bertz CT molecular complexity index is 1160. The normalized spacial score (nSPS) is 19.2. The van der Waals surface area contributed by atoms with Gasteiger partial charge in [0, 0.05) is 5.39 Å². The SMILES string of the molecule is Cc1ccc(-c2ccc3nc(NC(=O)C4CC4F)sc3c2)c2cn[nH]c12. The smallest absolute Gasteiger partial charge is 0.232 e. The van der Waals surface area contributed by atoms with Crippen molar-refractivity contribution in [1.82, 2.24) is 15.2 Å². The number of aromatic amines is 1. The van der Waals surface area contributed by atoms with E-state index in [1.807, 2.05) is 25.3 Å². The first-order valence-electron chi connectivity index (χ1n) is 8.39. The largest absolute Gasteiger partial charge is 0.302 e. The van der Waals surface area contributed by atoms with Gasteiger partial charge in [0.15, 0.2) is 5.13 Å². The Morgan fingerprint density at radius 2 is 2.19 bits per heavy atom. The van der Waals surface area contributed by atoms with Crippen LogP contribution < -0.4 is 5.32 Å². The van der Waals surface area contributed by atoms with Crippen LogP contribution in [0.15, 0.2) is 36.5 Å². The molecule has 1 fully saturated rings. The van der Waals surface area contributed by atoms with Gasteiger partial charge >= 0.3 is 0 Å². The first-order valence-corrected chi connectivity index (χ1v) is 9.20. The highest BCUT2D eigenvalue weighted by molar-refractivity contribution is 7.22. The maximum Gasteiger partial charge on any atom is 0.232 e. The molecule has 2 unspecified atom stereocenters. The molecule has 26 heavy (non-hydrogen) atoms. The van der Waals surface area contributed by atoms with Gasteiger partial charge in [-0.2, -0.15) is 5.10 Å².